The minimum atomic E-state index is 0.713. The predicted octanol–water partition coefficient (Wildman–Crippen LogP) is 3.41. The van der Waals surface area contributed by atoms with Crippen molar-refractivity contribution in [2.24, 2.45) is 4.99 Å². The fraction of sp³-hybridized carbons (Fsp3) is 0.318. The molecule has 2 heterocycles. The first-order valence-corrected chi connectivity index (χ1v) is 9.49. The van der Waals surface area contributed by atoms with Crippen LogP contribution in [0.1, 0.15) is 22.6 Å². The summed E-state index contributed by atoms with van der Waals surface area (Å²) in [5, 5.41) is 6.72. The standard InChI is InChI=1S/C22H28N4O2/c1-23-22(24-12-11-20-9-5-13-27-20)25-15-18-7-3-4-8-19(18)16-26(2)17-21-10-6-14-28-21/h3-10,13-14H,11-12,15-17H2,1-2H3,(H2,23,24,25). The van der Waals surface area contributed by atoms with E-state index in [-0.39, 0.29) is 0 Å². The fourth-order valence-electron chi connectivity index (χ4n) is 3.06. The van der Waals surface area contributed by atoms with Crippen LogP contribution in [0.25, 0.3) is 0 Å². The first-order chi connectivity index (χ1) is 13.7. The third-order valence-corrected chi connectivity index (χ3v) is 4.48. The van der Waals surface area contributed by atoms with Crippen LogP contribution in [0.4, 0.5) is 0 Å². The zero-order chi connectivity index (χ0) is 19.6. The first kappa shape index (κ1) is 19.8. The van der Waals surface area contributed by atoms with Gasteiger partial charge in [-0.2, -0.15) is 0 Å². The maximum Gasteiger partial charge on any atom is 0.191 e. The Hall–Kier alpha value is -2.99. The lowest BCUT2D eigenvalue weighted by molar-refractivity contribution is 0.287. The number of hydrogen-bond acceptors (Lipinski definition) is 4. The molecule has 148 valence electrons. The van der Waals surface area contributed by atoms with E-state index in [9.17, 15) is 0 Å². The molecule has 28 heavy (non-hydrogen) atoms. The molecule has 0 fully saturated rings. The molecule has 6 nitrogen and oxygen atoms in total. The van der Waals surface area contributed by atoms with E-state index in [1.807, 2.05) is 24.3 Å². The highest BCUT2D eigenvalue weighted by Gasteiger charge is 2.08. The van der Waals surface area contributed by atoms with Gasteiger partial charge in [0.25, 0.3) is 0 Å². The minimum Gasteiger partial charge on any atom is -0.469 e. The summed E-state index contributed by atoms with van der Waals surface area (Å²) in [5.41, 5.74) is 2.54. The van der Waals surface area contributed by atoms with Crippen LogP contribution in [0.3, 0.4) is 0 Å². The second-order valence-corrected chi connectivity index (χ2v) is 6.70. The van der Waals surface area contributed by atoms with E-state index in [0.717, 1.165) is 43.5 Å². The maximum absolute atomic E-state index is 5.45. The Labute approximate surface area is 166 Å². The molecule has 3 rings (SSSR count). The monoisotopic (exact) mass is 380 g/mol. The van der Waals surface area contributed by atoms with Gasteiger partial charge in [-0.15, -0.1) is 0 Å². The van der Waals surface area contributed by atoms with E-state index in [1.165, 1.54) is 11.1 Å². The molecule has 0 unspecified atom stereocenters. The highest BCUT2D eigenvalue weighted by molar-refractivity contribution is 5.79. The van der Waals surface area contributed by atoms with Crippen molar-refractivity contribution in [2.45, 2.75) is 26.1 Å². The van der Waals surface area contributed by atoms with Gasteiger partial charge in [0, 0.05) is 33.1 Å². The molecule has 3 aromatic rings. The summed E-state index contributed by atoms with van der Waals surface area (Å²) in [7, 11) is 3.88. The molecule has 1 aromatic carbocycles. The van der Waals surface area contributed by atoms with Crippen molar-refractivity contribution in [2.75, 3.05) is 20.6 Å². The van der Waals surface area contributed by atoms with Crippen molar-refractivity contribution < 1.29 is 8.83 Å². The largest absolute Gasteiger partial charge is 0.469 e. The van der Waals surface area contributed by atoms with Crippen LogP contribution >= 0.6 is 0 Å². The molecule has 2 N–H and O–H groups in total. The van der Waals surface area contributed by atoms with E-state index >= 15 is 0 Å². The van der Waals surface area contributed by atoms with E-state index < -0.39 is 0 Å². The van der Waals surface area contributed by atoms with E-state index in [4.69, 9.17) is 8.83 Å². The molecular formula is C22H28N4O2. The molecule has 0 spiro atoms. The average molecular weight is 380 g/mol. The SMILES string of the molecule is CN=C(NCCc1ccco1)NCc1ccccc1CN(C)Cc1ccco1. The van der Waals surface area contributed by atoms with Gasteiger partial charge in [0.2, 0.25) is 0 Å². The average Bonchev–Trinajstić information content (AvgIpc) is 3.39. The van der Waals surface area contributed by atoms with Crippen LogP contribution in [0.2, 0.25) is 0 Å². The number of guanidine groups is 1. The van der Waals surface area contributed by atoms with Gasteiger partial charge in [0.1, 0.15) is 11.5 Å². The Balaban J connectivity index is 1.50. The van der Waals surface area contributed by atoms with Crippen LogP contribution in [-0.4, -0.2) is 31.5 Å². The van der Waals surface area contributed by atoms with Crippen LogP contribution in [0, 0.1) is 0 Å². The molecule has 0 radical (unpaired) electrons. The summed E-state index contributed by atoms with van der Waals surface area (Å²) in [4.78, 5) is 6.55. The summed E-state index contributed by atoms with van der Waals surface area (Å²) in [6, 6.07) is 16.3. The van der Waals surface area contributed by atoms with Gasteiger partial charge >= 0.3 is 0 Å². The second-order valence-electron chi connectivity index (χ2n) is 6.70. The van der Waals surface area contributed by atoms with Gasteiger partial charge in [-0.25, -0.2) is 0 Å². The number of aliphatic imine (C=N–C) groups is 1. The molecule has 0 saturated carbocycles. The van der Waals surface area contributed by atoms with Crippen LogP contribution < -0.4 is 10.6 Å². The number of rotatable bonds is 9. The number of nitrogens with zero attached hydrogens (tertiary/aromatic N) is 2. The van der Waals surface area contributed by atoms with Gasteiger partial charge in [0.05, 0.1) is 19.1 Å². The third-order valence-electron chi connectivity index (χ3n) is 4.48. The number of hydrogen-bond donors (Lipinski definition) is 2. The zero-order valence-corrected chi connectivity index (χ0v) is 16.5. The Morgan fingerprint density at radius 1 is 0.893 bits per heavy atom. The summed E-state index contributed by atoms with van der Waals surface area (Å²) in [5.74, 6) is 2.72. The Morgan fingerprint density at radius 3 is 2.29 bits per heavy atom. The molecule has 0 atom stereocenters. The van der Waals surface area contributed by atoms with Gasteiger partial charge in [-0.05, 0) is 42.4 Å². The maximum atomic E-state index is 5.45. The fourth-order valence-corrected chi connectivity index (χ4v) is 3.06. The van der Waals surface area contributed by atoms with E-state index in [2.05, 4.69) is 51.8 Å². The van der Waals surface area contributed by atoms with E-state index in [0.29, 0.717) is 6.54 Å². The van der Waals surface area contributed by atoms with Crippen molar-refractivity contribution in [3.63, 3.8) is 0 Å². The summed E-state index contributed by atoms with van der Waals surface area (Å²) in [6.07, 6.45) is 4.23. The Kier molecular flexibility index (Phi) is 7.32. The highest BCUT2D eigenvalue weighted by atomic mass is 16.3. The Bertz CT molecular complexity index is 841. The van der Waals surface area contributed by atoms with Gasteiger partial charge in [-0.1, -0.05) is 24.3 Å². The van der Waals surface area contributed by atoms with Crippen molar-refractivity contribution in [1.29, 1.82) is 0 Å². The summed E-state index contributed by atoms with van der Waals surface area (Å²) < 4.78 is 10.8. The molecule has 0 saturated heterocycles. The summed E-state index contributed by atoms with van der Waals surface area (Å²) >= 11 is 0. The van der Waals surface area contributed by atoms with Gasteiger partial charge < -0.3 is 19.5 Å². The van der Waals surface area contributed by atoms with Gasteiger partial charge in [0.15, 0.2) is 5.96 Å². The predicted molar refractivity (Wildman–Crippen MR) is 111 cm³/mol. The van der Waals surface area contributed by atoms with Crippen LogP contribution in [0.5, 0.6) is 0 Å². The molecule has 0 aliphatic carbocycles. The quantitative estimate of drug-likeness (QED) is 0.440. The molecule has 0 bridgehead atoms. The van der Waals surface area contributed by atoms with Crippen molar-refractivity contribution in [3.8, 4) is 0 Å². The van der Waals surface area contributed by atoms with Gasteiger partial charge in [-0.3, -0.25) is 9.89 Å². The van der Waals surface area contributed by atoms with Crippen LogP contribution in [-0.2, 0) is 26.1 Å². The van der Waals surface area contributed by atoms with Crippen molar-refractivity contribution in [3.05, 3.63) is 83.7 Å². The Morgan fingerprint density at radius 2 is 1.61 bits per heavy atom. The summed E-state index contributed by atoms with van der Waals surface area (Å²) in [6.45, 7) is 3.11. The zero-order valence-electron chi connectivity index (χ0n) is 16.5. The third kappa shape index (κ3) is 6.03. The van der Waals surface area contributed by atoms with Crippen molar-refractivity contribution >= 4 is 5.96 Å². The number of furan rings is 2. The van der Waals surface area contributed by atoms with Crippen LogP contribution in [0.15, 0.2) is 74.9 Å². The van der Waals surface area contributed by atoms with E-state index in [1.54, 1.807) is 19.6 Å². The lowest BCUT2D eigenvalue weighted by Crippen LogP contribution is -2.38. The second kappa shape index (κ2) is 10.4. The molecular weight excluding hydrogens is 352 g/mol. The molecule has 0 aliphatic rings. The highest BCUT2D eigenvalue weighted by Crippen LogP contribution is 2.13. The lowest BCUT2D eigenvalue weighted by atomic mass is 10.1. The number of benzene rings is 1. The normalized spacial score (nSPS) is 11.8. The lowest BCUT2D eigenvalue weighted by Gasteiger charge is -2.19. The molecule has 6 heteroatoms. The molecule has 0 aliphatic heterocycles. The molecule has 2 aromatic heterocycles. The smallest absolute Gasteiger partial charge is 0.191 e. The topological polar surface area (TPSA) is 65.9 Å². The number of nitrogens with one attached hydrogen (secondary N) is 2. The van der Waals surface area contributed by atoms with Crippen molar-refractivity contribution in [1.82, 2.24) is 15.5 Å². The first-order valence-electron chi connectivity index (χ1n) is 9.49. The molecule has 0 amide bonds. The minimum absolute atomic E-state index is 0.713.